The molecule has 1 aromatic heterocycles. The van der Waals surface area contributed by atoms with Crippen molar-refractivity contribution < 1.29 is 27.4 Å². The Bertz CT molecular complexity index is 994. The van der Waals surface area contributed by atoms with Gasteiger partial charge in [-0.2, -0.15) is 0 Å². The Labute approximate surface area is 183 Å². The van der Waals surface area contributed by atoms with Gasteiger partial charge in [0.2, 0.25) is 5.91 Å². The highest BCUT2D eigenvalue weighted by molar-refractivity contribution is 5.80. The molecule has 1 amide bonds. The van der Waals surface area contributed by atoms with Crippen molar-refractivity contribution in [2.75, 3.05) is 18.5 Å². The lowest BCUT2D eigenvalue weighted by atomic mass is 10.0. The molecule has 7 nitrogen and oxygen atoms in total. The van der Waals surface area contributed by atoms with Crippen molar-refractivity contribution in [1.29, 1.82) is 0 Å². The number of anilines is 1. The fourth-order valence-corrected chi connectivity index (χ4v) is 3.66. The average molecular weight is 450 g/mol. The van der Waals surface area contributed by atoms with Crippen molar-refractivity contribution in [2.45, 2.75) is 57.4 Å². The van der Waals surface area contributed by atoms with Crippen LogP contribution in [0.1, 0.15) is 67.8 Å². The number of rotatable bonds is 8. The standard InChI is InChI=1S/C22H25F3N4O3/c1-12(13-4-3-5-14(18(13)23)19(24)25)28-20-17(21-31-8-9-32-21)15(26-11-27-20)10-16(30)29-22(2)6-7-22/h3-5,11-12,19,21H,6-10H2,1-2H3,(H,29,30)(H,26,27,28)/t12-/m1/s1. The number of aromatic nitrogens is 2. The van der Waals surface area contributed by atoms with Gasteiger partial charge in [-0.15, -0.1) is 0 Å². The van der Waals surface area contributed by atoms with E-state index in [1.165, 1.54) is 18.5 Å². The molecule has 32 heavy (non-hydrogen) atoms. The van der Waals surface area contributed by atoms with Crippen LogP contribution in [0.5, 0.6) is 0 Å². The maximum atomic E-state index is 14.6. The summed E-state index contributed by atoms with van der Waals surface area (Å²) >= 11 is 0. The predicted octanol–water partition coefficient (Wildman–Crippen LogP) is 3.98. The minimum Gasteiger partial charge on any atom is -0.363 e. The number of carbonyl (C=O) groups is 1. The summed E-state index contributed by atoms with van der Waals surface area (Å²) in [5.41, 5.74) is 0.102. The van der Waals surface area contributed by atoms with Gasteiger partial charge in [-0.05, 0) is 26.7 Å². The minimum absolute atomic E-state index is 0.00501. The van der Waals surface area contributed by atoms with Gasteiger partial charge in [-0.3, -0.25) is 4.79 Å². The van der Waals surface area contributed by atoms with E-state index >= 15 is 0 Å². The van der Waals surface area contributed by atoms with Gasteiger partial charge in [-0.1, -0.05) is 18.2 Å². The van der Waals surface area contributed by atoms with Gasteiger partial charge >= 0.3 is 0 Å². The molecular weight excluding hydrogens is 425 g/mol. The molecule has 0 radical (unpaired) electrons. The smallest absolute Gasteiger partial charge is 0.266 e. The van der Waals surface area contributed by atoms with E-state index in [0.717, 1.165) is 18.9 Å². The number of benzene rings is 1. The van der Waals surface area contributed by atoms with Crippen molar-refractivity contribution in [3.8, 4) is 0 Å². The van der Waals surface area contributed by atoms with Crippen LogP contribution in [0.2, 0.25) is 0 Å². The highest BCUT2D eigenvalue weighted by atomic mass is 19.3. The van der Waals surface area contributed by atoms with Gasteiger partial charge in [0.05, 0.1) is 42.5 Å². The Balaban J connectivity index is 1.62. The number of hydrogen-bond acceptors (Lipinski definition) is 6. The summed E-state index contributed by atoms with van der Waals surface area (Å²) in [6, 6.07) is 3.18. The molecule has 2 heterocycles. The Morgan fingerprint density at radius 3 is 2.56 bits per heavy atom. The number of alkyl halides is 2. The maximum Gasteiger partial charge on any atom is 0.266 e. The first kappa shape index (κ1) is 22.5. The molecule has 0 spiro atoms. The summed E-state index contributed by atoms with van der Waals surface area (Å²) in [6.07, 6.45) is -0.566. The molecule has 2 aliphatic rings. The van der Waals surface area contributed by atoms with Crippen LogP contribution in [0, 0.1) is 5.82 Å². The maximum absolute atomic E-state index is 14.6. The zero-order valence-corrected chi connectivity index (χ0v) is 17.8. The summed E-state index contributed by atoms with van der Waals surface area (Å²) in [4.78, 5) is 21.1. The predicted molar refractivity (Wildman–Crippen MR) is 110 cm³/mol. The normalized spacial score (nSPS) is 18.6. The molecule has 1 aliphatic carbocycles. The first-order chi connectivity index (χ1) is 15.3. The number of nitrogens with zero attached hydrogens (tertiary/aromatic N) is 2. The van der Waals surface area contributed by atoms with Gasteiger partial charge in [0, 0.05) is 11.1 Å². The third-order valence-electron chi connectivity index (χ3n) is 5.71. The molecule has 2 aromatic rings. The third-order valence-corrected chi connectivity index (χ3v) is 5.71. The van der Waals surface area contributed by atoms with Crippen LogP contribution < -0.4 is 10.6 Å². The quantitative estimate of drug-likeness (QED) is 0.633. The Morgan fingerprint density at radius 1 is 1.22 bits per heavy atom. The molecule has 1 aliphatic heterocycles. The van der Waals surface area contributed by atoms with Crippen LogP contribution in [0.4, 0.5) is 19.0 Å². The first-order valence-corrected chi connectivity index (χ1v) is 10.5. The average Bonchev–Trinajstić information content (AvgIpc) is 3.22. The van der Waals surface area contributed by atoms with Crippen molar-refractivity contribution in [3.05, 3.63) is 52.7 Å². The monoisotopic (exact) mass is 450 g/mol. The molecule has 2 fully saturated rings. The second-order valence-corrected chi connectivity index (χ2v) is 8.36. The van der Waals surface area contributed by atoms with Crippen molar-refractivity contribution in [1.82, 2.24) is 15.3 Å². The molecule has 10 heteroatoms. The van der Waals surface area contributed by atoms with Gasteiger partial charge in [-0.25, -0.2) is 23.1 Å². The fraction of sp³-hybridized carbons (Fsp3) is 0.500. The number of ether oxygens (including phenoxy) is 2. The summed E-state index contributed by atoms with van der Waals surface area (Å²) in [6.45, 7) is 4.34. The number of carbonyl (C=O) groups excluding carboxylic acids is 1. The lowest BCUT2D eigenvalue weighted by Crippen LogP contribution is -2.35. The largest absolute Gasteiger partial charge is 0.363 e. The molecule has 4 rings (SSSR count). The molecule has 0 bridgehead atoms. The summed E-state index contributed by atoms with van der Waals surface area (Å²) in [5.74, 6) is -0.858. The number of hydrogen-bond donors (Lipinski definition) is 2. The van der Waals surface area contributed by atoms with Gasteiger partial charge < -0.3 is 20.1 Å². The lowest BCUT2D eigenvalue weighted by molar-refractivity contribution is -0.121. The highest BCUT2D eigenvalue weighted by Crippen LogP contribution is 2.36. The molecular formula is C22H25F3N4O3. The van der Waals surface area contributed by atoms with Crippen LogP contribution in [0.3, 0.4) is 0 Å². The van der Waals surface area contributed by atoms with Gasteiger partial charge in [0.1, 0.15) is 18.0 Å². The Morgan fingerprint density at radius 2 is 1.91 bits per heavy atom. The van der Waals surface area contributed by atoms with Crippen molar-refractivity contribution >= 4 is 11.7 Å². The number of amides is 1. The van der Waals surface area contributed by atoms with Crippen LogP contribution in [0.15, 0.2) is 24.5 Å². The topological polar surface area (TPSA) is 85.4 Å². The van der Waals surface area contributed by atoms with E-state index in [9.17, 15) is 18.0 Å². The van der Waals surface area contributed by atoms with Crippen LogP contribution >= 0.6 is 0 Å². The SMILES string of the molecule is C[C@@H](Nc1ncnc(CC(=O)NC2(C)CC2)c1C1OCCO1)c1cccc(C(F)F)c1F. The van der Waals surface area contributed by atoms with E-state index < -0.39 is 30.1 Å². The van der Waals surface area contributed by atoms with E-state index in [-0.39, 0.29) is 23.4 Å². The van der Waals surface area contributed by atoms with Gasteiger partial charge in [0.15, 0.2) is 6.29 Å². The first-order valence-electron chi connectivity index (χ1n) is 10.5. The fourth-order valence-electron chi connectivity index (χ4n) is 3.66. The van der Waals surface area contributed by atoms with Crippen LogP contribution in [0.25, 0.3) is 0 Å². The molecule has 1 saturated heterocycles. The summed E-state index contributed by atoms with van der Waals surface area (Å²) < 4.78 is 52.1. The van der Waals surface area contributed by atoms with E-state index in [4.69, 9.17) is 9.47 Å². The molecule has 172 valence electrons. The van der Waals surface area contributed by atoms with E-state index in [2.05, 4.69) is 20.6 Å². The van der Waals surface area contributed by atoms with E-state index in [1.807, 2.05) is 6.92 Å². The van der Waals surface area contributed by atoms with Gasteiger partial charge in [0.25, 0.3) is 6.43 Å². The van der Waals surface area contributed by atoms with Crippen molar-refractivity contribution in [2.24, 2.45) is 0 Å². The second kappa shape index (κ2) is 9.03. The molecule has 1 saturated carbocycles. The highest BCUT2D eigenvalue weighted by Gasteiger charge is 2.39. The van der Waals surface area contributed by atoms with Crippen molar-refractivity contribution in [3.63, 3.8) is 0 Å². The number of halogens is 3. The molecule has 0 unspecified atom stereocenters. The van der Waals surface area contributed by atoms with E-state index in [1.54, 1.807) is 6.92 Å². The Kier molecular flexibility index (Phi) is 6.34. The molecule has 1 atom stereocenters. The van der Waals surface area contributed by atoms with E-state index in [0.29, 0.717) is 30.3 Å². The zero-order chi connectivity index (χ0) is 22.9. The van der Waals surface area contributed by atoms with Crippen LogP contribution in [-0.2, 0) is 20.7 Å². The molecule has 1 aromatic carbocycles. The zero-order valence-electron chi connectivity index (χ0n) is 17.8. The van der Waals surface area contributed by atoms with Crippen LogP contribution in [-0.4, -0.2) is 34.6 Å². The molecule has 2 N–H and O–H groups in total. The lowest BCUT2D eigenvalue weighted by Gasteiger charge is -2.22. The summed E-state index contributed by atoms with van der Waals surface area (Å²) in [7, 11) is 0. The second-order valence-electron chi connectivity index (χ2n) is 8.36. The Hall–Kier alpha value is -2.72. The minimum atomic E-state index is -2.92. The summed E-state index contributed by atoms with van der Waals surface area (Å²) in [5, 5.41) is 6.04. The number of nitrogens with one attached hydrogen (secondary N) is 2. The third kappa shape index (κ3) is 4.86.